The molecule has 0 atom stereocenters. The van der Waals surface area contributed by atoms with Crippen LogP contribution in [0.2, 0.25) is 5.02 Å². The highest BCUT2D eigenvalue weighted by Crippen LogP contribution is 2.33. The monoisotopic (exact) mass is 495 g/mol. The Kier molecular flexibility index (Phi) is 6.89. The number of hydrogen-bond donors (Lipinski definition) is 0. The first-order chi connectivity index (χ1) is 16.3. The lowest BCUT2D eigenvalue weighted by atomic mass is 10.2. The number of benzene rings is 3. The molecule has 0 bridgehead atoms. The predicted molar refractivity (Wildman–Crippen MR) is 129 cm³/mol. The molecule has 1 amide bonds. The molecule has 0 spiro atoms. The maximum Gasteiger partial charge on any atom is 0.253 e. The molecule has 0 aliphatic carbocycles. The Hall–Kier alpha value is -3.38. The van der Waals surface area contributed by atoms with E-state index >= 15 is 0 Å². The topological polar surface area (TPSA) is 90.7 Å². The lowest BCUT2D eigenvalue weighted by Gasteiger charge is -2.34. The Labute approximate surface area is 203 Å². The zero-order valence-electron chi connectivity index (χ0n) is 18.4. The van der Waals surface area contributed by atoms with Crippen LogP contribution < -0.4 is 4.74 Å². The van der Waals surface area contributed by atoms with Crippen LogP contribution >= 0.6 is 11.6 Å². The second kappa shape index (κ2) is 9.85. The van der Waals surface area contributed by atoms with Gasteiger partial charge in [-0.1, -0.05) is 29.8 Å². The summed E-state index contributed by atoms with van der Waals surface area (Å²) >= 11 is 6.12. The molecule has 3 aromatic rings. The quantitative estimate of drug-likeness (QED) is 0.521. The Balaban J connectivity index is 1.58. The summed E-state index contributed by atoms with van der Waals surface area (Å²) in [5, 5.41) is 9.80. The first kappa shape index (κ1) is 23.8. The number of amides is 1. The number of aryl methyl sites for hydroxylation is 1. The Bertz CT molecular complexity index is 1340. The number of nitriles is 1. The van der Waals surface area contributed by atoms with Gasteiger partial charge in [0.2, 0.25) is 10.0 Å². The van der Waals surface area contributed by atoms with Gasteiger partial charge in [0.25, 0.3) is 5.91 Å². The van der Waals surface area contributed by atoms with Crippen molar-refractivity contribution in [2.24, 2.45) is 0 Å². The van der Waals surface area contributed by atoms with Gasteiger partial charge in [-0.25, -0.2) is 8.42 Å². The fraction of sp³-hybridized carbons (Fsp3) is 0.200. The van der Waals surface area contributed by atoms with Crippen LogP contribution in [0.5, 0.6) is 11.5 Å². The lowest BCUT2D eigenvalue weighted by molar-refractivity contribution is 0.0698. The van der Waals surface area contributed by atoms with Gasteiger partial charge in [0.15, 0.2) is 0 Å². The maximum absolute atomic E-state index is 13.6. The van der Waals surface area contributed by atoms with E-state index in [2.05, 4.69) is 0 Å². The molecule has 174 valence electrons. The number of halogens is 1. The second-order valence-corrected chi connectivity index (χ2v) is 10.2. The average molecular weight is 496 g/mol. The van der Waals surface area contributed by atoms with Crippen molar-refractivity contribution in [3.63, 3.8) is 0 Å². The molecular weight excluding hydrogens is 474 g/mol. The van der Waals surface area contributed by atoms with Crippen LogP contribution in [-0.4, -0.2) is 49.7 Å². The van der Waals surface area contributed by atoms with Crippen molar-refractivity contribution in [3.8, 4) is 17.6 Å². The highest BCUT2D eigenvalue weighted by molar-refractivity contribution is 7.89. The first-order valence-electron chi connectivity index (χ1n) is 10.6. The number of hydrogen-bond acceptors (Lipinski definition) is 5. The van der Waals surface area contributed by atoms with Crippen LogP contribution in [0.25, 0.3) is 0 Å². The van der Waals surface area contributed by atoms with E-state index in [0.717, 1.165) is 5.56 Å². The highest BCUT2D eigenvalue weighted by Gasteiger charge is 2.33. The van der Waals surface area contributed by atoms with Crippen molar-refractivity contribution in [3.05, 3.63) is 88.4 Å². The lowest BCUT2D eigenvalue weighted by Crippen LogP contribution is -2.50. The van der Waals surface area contributed by atoms with Crippen molar-refractivity contribution in [1.82, 2.24) is 9.21 Å². The van der Waals surface area contributed by atoms with Gasteiger partial charge in [-0.15, -0.1) is 0 Å². The van der Waals surface area contributed by atoms with Crippen LogP contribution in [0.3, 0.4) is 0 Å². The summed E-state index contributed by atoms with van der Waals surface area (Å²) in [6.45, 7) is 2.63. The third-order valence-electron chi connectivity index (χ3n) is 5.48. The molecule has 0 radical (unpaired) electrons. The van der Waals surface area contributed by atoms with Crippen LogP contribution in [0, 0.1) is 18.3 Å². The van der Waals surface area contributed by atoms with Crippen molar-refractivity contribution >= 4 is 27.5 Å². The molecule has 1 saturated heterocycles. The number of nitrogens with zero attached hydrogens (tertiary/aromatic N) is 3. The molecule has 3 aromatic carbocycles. The van der Waals surface area contributed by atoms with Gasteiger partial charge in [0.1, 0.15) is 16.4 Å². The smallest absolute Gasteiger partial charge is 0.253 e. The summed E-state index contributed by atoms with van der Waals surface area (Å²) in [6.07, 6.45) is 0. The zero-order valence-corrected chi connectivity index (χ0v) is 20.0. The molecule has 1 heterocycles. The Morgan fingerprint density at radius 2 is 1.71 bits per heavy atom. The van der Waals surface area contributed by atoms with Gasteiger partial charge in [-0.05, 0) is 61.0 Å². The minimum atomic E-state index is -3.99. The molecule has 7 nitrogen and oxygen atoms in total. The van der Waals surface area contributed by atoms with Gasteiger partial charge < -0.3 is 9.64 Å². The third kappa shape index (κ3) is 5.07. The molecule has 0 N–H and O–H groups in total. The number of rotatable bonds is 5. The van der Waals surface area contributed by atoms with E-state index in [9.17, 15) is 18.5 Å². The summed E-state index contributed by atoms with van der Waals surface area (Å²) in [7, 11) is -3.99. The molecule has 4 rings (SSSR count). The van der Waals surface area contributed by atoms with Crippen molar-refractivity contribution in [1.29, 1.82) is 5.26 Å². The Morgan fingerprint density at radius 3 is 2.35 bits per heavy atom. The second-order valence-electron chi connectivity index (χ2n) is 7.90. The number of sulfonamides is 1. The van der Waals surface area contributed by atoms with E-state index in [0.29, 0.717) is 16.3 Å². The van der Waals surface area contributed by atoms with Gasteiger partial charge >= 0.3 is 0 Å². The van der Waals surface area contributed by atoms with E-state index < -0.39 is 10.0 Å². The van der Waals surface area contributed by atoms with Crippen LogP contribution in [-0.2, 0) is 10.0 Å². The van der Waals surface area contributed by atoms with E-state index in [1.807, 2.05) is 19.1 Å². The summed E-state index contributed by atoms with van der Waals surface area (Å²) in [4.78, 5) is 14.2. The van der Waals surface area contributed by atoms with Gasteiger partial charge in [0.05, 0.1) is 11.6 Å². The van der Waals surface area contributed by atoms with Crippen molar-refractivity contribution in [2.45, 2.75) is 11.8 Å². The molecule has 34 heavy (non-hydrogen) atoms. The average Bonchev–Trinajstić information content (AvgIpc) is 2.83. The largest absolute Gasteiger partial charge is 0.456 e. The molecular formula is C25H22ClN3O4S. The van der Waals surface area contributed by atoms with E-state index in [1.165, 1.54) is 22.5 Å². The van der Waals surface area contributed by atoms with Crippen LogP contribution in [0.15, 0.2) is 71.6 Å². The van der Waals surface area contributed by atoms with Gasteiger partial charge in [0, 0.05) is 36.8 Å². The predicted octanol–water partition coefficient (Wildman–Crippen LogP) is 4.46. The highest BCUT2D eigenvalue weighted by atomic mass is 35.5. The van der Waals surface area contributed by atoms with E-state index in [-0.39, 0.29) is 48.3 Å². The minimum Gasteiger partial charge on any atom is -0.456 e. The minimum absolute atomic E-state index is 0.100. The SMILES string of the molecule is Cc1cc(Cl)cc(Oc2ccc(C#N)cc2S(=O)(=O)N2CCN(C(=O)c3ccccc3)CC2)c1. The number of carbonyl (C=O) groups is 1. The van der Waals surface area contributed by atoms with Crippen molar-refractivity contribution < 1.29 is 17.9 Å². The normalized spacial score (nSPS) is 14.4. The van der Waals surface area contributed by atoms with Crippen LogP contribution in [0.4, 0.5) is 0 Å². The molecule has 1 aliphatic rings. The summed E-state index contributed by atoms with van der Waals surface area (Å²) in [5.41, 5.74) is 1.62. The standard InChI is InChI=1S/C25H22ClN3O4S/c1-18-13-21(26)16-22(14-18)33-23-8-7-19(17-27)15-24(23)34(31,32)29-11-9-28(10-12-29)25(30)20-5-3-2-4-6-20/h2-8,13-16H,9-12H2,1H3. The number of carbonyl (C=O) groups excluding carboxylic acids is 1. The van der Waals surface area contributed by atoms with E-state index in [1.54, 1.807) is 47.4 Å². The van der Waals surface area contributed by atoms with Gasteiger partial charge in [-0.3, -0.25) is 4.79 Å². The fourth-order valence-electron chi connectivity index (χ4n) is 3.79. The molecule has 0 unspecified atom stereocenters. The molecule has 9 heteroatoms. The van der Waals surface area contributed by atoms with Gasteiger partial charge in [-0.2, -0.15) is 9.57 Å². The molecule has 0 aromatic heterocycles. The number of ether oxygens (including phenoxy) is 1. The zero-order chi connectivity index (χ0) is 24.3. The third-order valence-corrected chi connectivity index (χ3v) is 7.62. The fourth-order valence-corrected chi connectivity index (χ4v) is 5.63. The summed E-state index contributed by atoms with van der Waals surface area (Å²) < 4.78 is 34.3. The maximum atomic E-state index is 13.6. The first-order valence-corrected chi connectivity index (χ1v) is 12.4. The van der Waals surface area contributed by atoms with Crippen molar-refractivity contribution in [2.75, 3.05) is 26.2 Å². The summed E-state index contributed by atoms with van der Waals surface area (Å²) in [5.74, 6) is 0.359. The summed E-state index contributed by atoms with van der Waals surface area (Å²) in [6, 6.07) is 20.3. The Morgan fingerprint density at radius 1 is 1.00 bits per heavy atom. The molecule has 0 saturated carbocycles. The van der Waals surface area contributed by atoms with Crippen LogP contribution in [0.1, 0.15) is 21.5 Å². The molecule has 1 aliphatic heterocycles. The van der Waals surface area contributed by atoms with E-state index in [4.69, 9.17) is 16.3 Å². The molecule has 1 fully saturated rings. The number of piperazine rings is 1.